The van der Waals surface area contributed by atoms with Crippen LogP contribution in [0.3, 0.4) is 0 Å². The second-order valence-electron chi connectivity index (χ2n) is 9.13. The van der Waals surface area contributed by atoms with Gasteiger partial charge in [-0.1, -0.05) is 41.2 Å². The number of anilines is 1. The molecule has 0 bridgehead atoms. The molecule has 12 nitrogen and oxygen atoms in total. The summed E-state index contributed by atoms with van der Waals surface area (Å²) in [7, 11) is -3.67. The molecule has 0 radical (unpaired) electrons. The van der Waals surface area contributed by atoms with Crippen molar-refractivity contribution in [1.82, 2.24) is 29.4 Å². The number of para-hydroxylation sites is 1. The number of fused-ring (bicyclic) bond motifs is 1. The van der Waals surface area contributed by atoms with E-state index in [0.29, 0.717) is 35.9 Å². The van der Waals surface area contributed by atoms with Crippen LogP contribution in [0, 0.1) is 13.8 Å². The van der Waals surface area contributed by atoms with E-state index in [1.54, 1.807) is 18.5 Å². The van der Waals surface area contributed by atoms with Gasteiger partial charge in [-0.3, -0.25) is 10.1 Å². The molecule has 0 fully saturated rings. The van der Waals surface area contributed by atoms with Crippen LogP contribution in [0.25, 0.3) is 11.2 Å². The molecule has 2 aromatic heterocycles. The highest BCUT2D eigenvalue weighted by Gasteiger charge is 2.28. The summed E-state index contributed by atoms with van der Waals surface area (Å²) in [6, 6.07) is 15.1. The summed E-state index contributed by atoms with van der Waals surface area (Å²) in [5, 5.41) is 2.80. The molecule has 208 valence electrons. The number of ether oxygens (including phenoxy) is 2. The molecular weight excluding hydrogens is 519 g/mol. The lowest BCUT2D eigenvalue weighted by atomic mass is 10.0. The Bertz CT molecular complexity index is 1400. The van der Waals surface area contributed by atoms with Crippen molar-refractivity contribution in [3.8, 4) is 5.75 Å². The number of imidazole rings is 1. The van der Waals surface area contributed by atoms with Gasteiger partial charge in [0.25, 0.3) is 0 Å². The van der Waals surface area contributed by atoms with Crippen molar-refractivity contribution in [2.75, 3.05) is 25.6 Å². The van der Waals surface area contributed by atoms with E-state index in [2.05, 4.69) is 20.0 Å². The standard InChI is InChI=1S/C26H35N8O4P/c1-19-8-7-9-20(2)23(19)15-36-13-12-34(38-22-10-5-4-6-11-22)39(28,35)32-18-37-21(3)14-33-17-31-24-25(27)29-16-30-26(24)33/h4-11,16-17,21H,12-15,18H2,1-3H3,(H2,27,29,30)(H3,28,32,35)/t21-,39?/m1/s1. The molecule has 1 unspecified atom stereocenters. The summed E-state index contributed by atoms with van der Waals surface area (Å²) in [5.41, 5.74) is 16.7. The molecule has 5 N–H and O–H groups in total. The molecule has 13 heteroatoms. The van der Waals surface area contributed by atoms with Crippen molar-refractivity contribution in [2.45, 2.75) is 40.0 Å². The number of hydrogen-bond donors (Lipinski definition) is 3. The van der Waals surface area contributed by atoms with Crippen molar-refractivity contribution >= 4 is 24.6 Å². The summed E-state index contributed by atoms with van der Waals surface area (Å²) < 4.78 is 27.1. The average Bonchev–Trinajstić information content (AvgIpc) is 3.31. The molecule has 4 rings (SSSR count). The second kappa shape index (κ2) is 13.1. The van der Waals surface area contributed by atoms with Crippen LogP contribution in [0.5, 0.6) is 5.75 Å². The number of nitrogen functional groups attached to an aromatic ring is 1. The molecule has 0 aliphatic heterocycles. The van der Waals surface area contributed by atoms with Crippen LogP contribution >= 0.6 is 7.59 Å². The van der Waals surface area contributed by atoms with Gasteiger partial charge in [0.05, 0.1) is 38.7 Å². The molecule has 0 amide bonds. The topological polar surface area (TPSA) is 156 Å². The number of aryl methyl sites for hydroxylation is 2. The Balaban J connectivity index is 1.33. The van der Waals surface area contributed by atoms with Gasteiger partial charge in [-0.25, -0.2) is 20.0 Å². The van der Waals surface area contributed by atoms with Crippen molar-refractivity contribution in [2.24, 2.45) is 5.50 Å². The number of hydroxylamine groups is 1. The quantitative estimate of drug-likeness (QED) is 0.0906. The Kier molecular flexibility index (Phi) is 9.63. The fourth-order valence-corrected chi connectivity index (χ4v) is 4.98. The van der Waals surface area contributed by atoms with Crippen LogP contribution < -0.4 is 21.2 Å². The van der Waals surface area contributed by atoms with Gasteiger partial charge in [0.15, 0.2) is 11.5 Å². The van der Waals surface area contributed by atoms with Gasteiger partial charge >= 0.3 is 7.59 Å². The van der Waals surface area contributed by atoms with E-state index < -0.39 is 7.59 Å². The number of rotatable bonds is 14. The zero-order valence-corrected chi connectivity index (χ0v) is 23.3. The summed E-state index contributed by atoms with van der Waals surface area (Å²) in [5.74, 6) is 0.817. The number of nitrogens with one attached hydrogen (secondary N) is 1. The van der Waals surface area contributed by atoms with Crippen molar-refractivity contribution < 1.29 is 18.9 Å². The van der Waals surface area contributed by atoms with Crippen LogP contribution in [-0.2, 0) is 27.2 Å². The van der Waals surface area contributed by atoms with Crippen LogP contribution in [0.4, 0.5) is 5.82 Å². The van der Waals surface area contributed by atoms with Crippen molar-refractivity contribution in [3.63, 3.8) is 0 Å². The maximum absolute atomic E-state index is 13.5. The SMILES string of the molecule is Cc1cccc(C)c1COCCN(Oc1ccccc1)P(N)(=O)NCO[C@H](C)Cn1cnc2c(N)ncnc21. The maximum Gasteiger partial charge on any atom is 0.312 e. The van der Waals surface area contributed by atoms with Crippen LogP contribution in [-0.4, -0.2) is 50.3 Å². The van der Waals surface area contributed by atoms with Crippen molar-refractivity contribution in [1.29, 1.82) is 0 Å². The second-order valence-corrected chi connectivity index (χ2v) is 11.1. The van der Waals surface area contributed by atoms with E-state index in [4.69, 9.17) is 25.5 Å². The first kappa shape index (κ1) is 28.6. The summed E-state index contributed by atoms with van der Waals surface area (Å²) in [4.78, 5) is 19.6. The third kappa shape index (κ3) is 7.60. The molecule has 0 aliphatic rings. The van der Waals surface area contributed by atoms with Gasteiger partial charge < -0.3 is 24.6 Å². The lowest BCUT2D eigenvalue weighted by Crippen LogP contribution is -2.38. The van der Waals surface area contributed by atoms with E-state index in [9.17, 15) is 4.57 Å². The Hall–Kier alpha value is -3.38. The van der Waals surface area contributed by atoms with E-state index in [0.717, 1.165) is 16.7 Å². The largest absolute Gasteiger partial charge is 0.397 e. The molecule has 4 aromatic rings. The zero-order chi connectivity index (χ0) is 27.8. The van der Waals surface area contributed by atoms with E-state index in [-0.39, 0.29) is 26.0 Å². The fourth-order valence-electron chi connectivity index (χ4n) is 3.96. The number of benzene rings is 2. The minimum atomic E-state index is -3.67. The highest BCUT2D eigenvalue weighted by molar-refractivity contribution is 7.56. The van der Waals surface area contributed by atoms with Gasteiger partial charge in [-0.15, -0.1) is 0 Å². The normalized spacial score (nSPS) is 14.0. The highest BCUT2D eigenvalue weighted by Crippen LogP contribution is 2.37. The molecule has 0 saturated heterocycles. The molecule has 2 aromatic carbocycles. The summed E-state index contributed by atoms with van der Waals surface area (Å²) in [6.45, 7) is 7.19. The molecular formula is C26H35N8O4P. The molecule has 0 aliphatic carbocycles. The van der Waals surface area contributed by atoms with Gasteiger partial charge in [-0.2, -0.15) is 0 Å². The predicted molar refractivity (Wildman–Crippen MR) is 149 cm³/mol. The fraction of sp³-hybridized carbons (Fsp3) is 0.346. The zero-order valence-electron chi connectivity index (χ0n) is 22.4. The average molecular weight is 555 g/mol. The van der Waals surface area contributed by atoms with E-state index >= 15 is 0 Å². The summed E-state index contributed by atoms with van der Waals surface area (Å²) >= 11 is 0. The maximum atomic E-state index is 13.5. The first-order valence-corrected chi connectivity index (χ1v) is 14.3. The van der Waals surface area contributed by atoms with Gasteiger partial charge in [0, 0.05) is 0 Å². The first-order chi connectivity index (χ1) is 18.7. The number of hydrogen-bond acceptors (Lipinski definition) is 8. The van der Waals surface area contributed by atoms with Gasteiger partial charge in [-0.05, 0) is 49.6 Å². The molecule has 2 heterocycles. The number of nitrogens with two attached hydrogens (primary N) is 2. The number of nitrogens with zero attached hydrogens (tertiary/aromatic N) is 5. The first-order valence-electron chi connectivity index (χ1n) is 12.5. The van der Waals surface area contributed by atoms with Crippen LogP contribution in [0.2, 0.25) is 0 Å². The molecule has 39 heavy (non-hydrogen) atoms. The van der Waals surface area contributed by atoms with E-state index in [1.807, 2.05) is 61.7 Å². The Morgan fingerprint density at radius 2 is 1.82 bits per heavy atom. The van der Waals surface area contributed by atoms with Gasteiger partial charge in [0.1, 0.15) is 24.3 Å². The smallest absolute Gasteiger partial charge is 0.312 e. The Morgan fingerprint density at radius 1 is 1.08 bits per heavy atom. The lowest BCUT2D eigenvalue weighted by molar-refractivity contribution is -0.00565. The molecule has 0 spiro atoms. The van der Waals surface area contributed by atoms with E-state index in [1.165, 1.54) is 11.2 Å². The van der Waals surface area contributed by atoms with Gasteiger partial charge in [0.2, 0.25) is 0 Å². The molecule has 0 saturated carbocycles. The lowest BCUT2D eigenvalue weighted by Gasteiger charge is -2.28. The minimum Gasteiger partial charge on any atom is -0.397 e. The Labute approximate surface area is 227 Å². The third-order valence-corrected chi connectivity index (χ3v) is 7.67. The predicted octanol–water partition coefficient (Wildman–Crippen LogP) is 3.56. The van der Waals surface area contributed by atoms with Crippen LogP contribution in [0.15, 0.2) is 61.2 Å². The highest BCUT2D eigenvalue weighted by atomic mass is 31.2. The summed E-state index contributed by atoms with van der Waals surface area (Å²) in [6.07, 6.45) is 2.74. The van der Waals surface area contributed by atoms with Crippen LogP contribution in [0.1, 0.15) is 23.6 Å². The minimum absolute atomic E-state index is 0.0728. The number of aromatic nitrogens is 4. The third-order valence-electron chi connectivity index (χ3n) is 6.15. The molecule has 2 atom stereocenters. The Morgan fingerprint density at radius 3 is 2.56 bits per heavy atom. The monoisotopic (exact) mass is 554 g/mol. The van der Waals surface area contributed by atoms with Crippen molar-refractivity contribution in [3.05, 3.63) is 77.9 Å².